The Kier molecular flexibility index (Phi) is 2.89. The summed E-state index contributed by atoms with van der Waals surface area (Å²) in [5.41, 5.74) is 5.98. The first-order valence-corrected chi connectivity index (χ1v) is 6.88. The van der Waals surface area contributed by atoms with Gasteiger partial charge in [-0.2, -0.15) is 0 Å². The Hall–Kier alpha value is -1.11. The minimum atomic E-state index is -3.61. The zero-order valence-electron chi connectivity index (χ0n) is 9.60. The van der Waals surface area contributed by atoms with Gasteiger partial charge >= 0.3 is 0 Å². The number of hydrogen-bond acceptors (Lipinski definition) is 4. The highest BCUT2D eigenvalue weighted by Gasteiger charge is 2.45. The first-order chi connectivity index (χ1) is 7.88. The molecule has 4 N–H and O–H groups in total. The number of anilines is 1. The Morgan fingerprint density at radius 3 is 2.65 bits per heavy atom. The second kappa shape index (κ2) is 3.97. The maximum atomic E-state index is 12.1. The topological polar surface area (TPSA) is 92.4 Å². The summed E-state index contributed by atoms with van der Waals surface area (Å²) in [4.78, 5) is 0.178. The second-order valence-electron chi connectivity index (χ2n) is 4.57. The number of nitrogen functional groups attached to an aromatic ring is 1. The lowest BCUT2D eigenvalue weighted by Gasteiger charge is -2.16. The van der Waals surface area contributed by atoms with Gasteiger partial charge in [-0.05, 0) is 37.5 Å². The van der Waals surface area contributed by atoms with E-state index in [0.29, 0.717) is 24.1 Å². The first-order valence-electron chi connectivity index (χ1n) is 5.40. The van der Waals surface area contributed by atoms with Crippen molar-refractivity contribution in [1.82, 2.24) is 4.72 Å². The molecule has 6 heteroatoms. The summed E-state index contributed by atoms with van der Waals surface area (Å²) < 4.78 is 26.8. The van der Waals surface area contributed by atoms with Gasteiger partial charge in [-0.25, -0.2) is 13.1 Å². The Morgan fingerprint density at radius 2 is 2.12 bits per heavy atom. The molecular formula is C11H16N2O3S. The van der Waals surface area contributed by atoms with Gasteiger partial charge in [0.25, 0.3) is 0 Å². The van der Waals surface area contributed by atoms with Crippen LogP contribution in [0.3, 0.4) is 0 Å². The van der Waals surface area contributed by atoms with Crippen LogP contribution in [0.25, 0.3) is 0 Å². The molecule has 2 rings (SSSR count). The molecule has 0 heterocycles. The van der Waals surface area contributed by atoms with Crippen LogP contribution in [0.1, 0.15) is 18.4 Å². The van der Waals surface area contributed by atoms with Crippen LogP contribution in [0, 0.1) is 6.92 Å². The molecule has 0 aliphatic heterocycles. The van der Waals surface area contributed by atoms with E-state index in [-0.39, 0.29) is 11.5 Å². The zero-order chi connectivity index (χ0) is 12.7. The SMILES string of the molecule is Cc1ccc(N)cc1S(=O)(=O)NC1(CO)CC1. The molecule has 0 aromatic heterocycles. The quantitative estimate of drug-likeness (QED) is 0.679. The van der Waals surface area contributed by atoms with E-state index in [9.17, 15) is 8.42 Å². The highest BCUT2D eigenvalue weighted by molar-refractivity contribution is 7.89. The normalized spacial score (nSPS) is 18.0. The number of benzene rings is 1. The van der Waals surface area contributed by atoms with E-state index >= 15 is 0 Å². The van der Waals surface area contributed by atoms with E-state index in [1.165, 1.54) is 6.07 Å². The number of hydrogen-bond donors (Lipinski definition) is 3. The Morgan fingerprint density at radius 1 is 1.47 bits per heavy atom. The average Bonchev–Trinajstić information content (AvgIpc) is 3.01. The highest BCUT2D eigenvalue weighted by Crippen LogP contribution is 2.36. The molecule has 1 aliphatic rings. The number of aryl methyl sites for hydroxylation is 1. The van der Waals surface area contributed by atoms with E-state index in [0.717, 1.165) is 0 Å². The van der Waals surface area contributed by atoms with Gasteiger partial charge in [0, 0.05) is 5.69 Å². The third kappa shape index (κ3) is 2.43. The predicted octanol–water partition coefficient (Wildman–Crippen LogP) is 0.380. The van der Waals surface area contributed by atoms with Gasteiger partial charge < -0.3 is 10.8 Å². The van der Waals surface area contributed by atoms with E-state index < -0.39 is 15.6 Å². The van der Waals surface area contributed by atoms with E-state index in [4.69, 9.17) is 10.8 Å². The van der Waals surface area contributed by atoms with Crippen molar-refractivity contribution < 1.29 is 13.5 Å². The van der Waals surface area contributed by atoms with Gasteiger partial charge in [0.15, 0.2) is 0 Å². The van der Waals surface area contributed by atoms with Crippen molar-refractivity contribution >= 4 is 15.7 Å². The number of rotatable bonds is 4. The summed E-state index contributed by atoms with van der Waals surface area (Å²) >= 11 is 0. The van der Waals surface area contributed by atoms with Crippen LogP contribution in [-0.2, 0) is 10.0 Å². The molecule has 17 heavy (non-hydrogen) atoms. The fraction of sp³-hybridized carbons (Fsp3) is 0.455. The number of aliphatic hydroxyl groups is 1. The third-order valence-electron chi connectivity index (χ3n) is 3.01. The van der Waals surface area contributed by atoms with Crippen molar-refractivity contribution in [3.63, 3.8) is 0 Å². The van der Waals surface area contributed by atoms with Gasteiger partial charge in [-0.1, -0.05) is 6.07 Å². The van der Waals surface area contributed by atoms with Crippen LogP contribution in [0.5, 0.6) is 0 Å². The van der Waals surface area contributed by atoms with Gasteiger partial charge in [0.1, 0.15) is 0 Å². The number of nitrogens with two attached hydrogens (primary N) is 1. The van der Waals surface area contributed by atoms with Crippen LogP contribution in [0.15, 0.2) is 23.1 Å². The summed E-state index contributed by atoms with van der Waals surface area (Å²) in [5, 5.41) is 9.14. The molecular weight excluding hydrogens is 240 g/mol. The van der Waals surface area contributed by atoms with Gasteiger partial charge in [-0.3, -0.25) is 0 Å². The van der Waals surface area contributed by atoms with Gasteiger partial charge in [0.05, 0.1) is 17.0 Å². The molecule has 0 bridgehead atoms. The summed E-state index contributed by atoms with van der Waals surface area (Å²) in [6.45, 7) is 1.54. The molecule has 0 unspecified atom stereocenters. The average molecular weight is 256 g/mol. The van der Waals surface area contributed by atoms with E-state index in [1.807, 2.05) is 0 Å². The summed E-state index contributed by atoms with van der Waals surface area (Å²) in [6, 6.07) is 4.76. The molecule has 1 saturated carbocycles. The summed E-state index contributed by atoms with van der Waals surface area (Å²) in [7, 11) is -3.61. The van der Waals surface area contributed by atoms with Crippen molar-refractivity contribution in [2.24, 2.45) is 0 Å². The molecule has 0 saturated heterocycles. The van der Waals surface area contributed by atoms with Crippen LogP contribution >= 0.6 is 0 Å². The monoisotopic (exact) mass is 256 g/mol. The highest BCUT2D eigenvalue weighted by atomic mass is 32.2. The molecule has 94 valence electrons. The molecule has 1 aromatic rings. The zero-order valence-corrected chi connectivity index (χ0v) is 10.4. The lowest BCUT2D eigenvalue weighted by atomic mass is 10.2. The van der Waals surface area contributed by atoms with Gasteiger partial charge in [-0.15, -0.1) is 0 Å². The van der Waals surface area contributed by atoms with Gasteiger partial charge in [0.2, 0.25) is 10.0 Å². The van der Waals surface area contributed by atoms with Crippen LogP contribution in [-0.4, -0.2) is 25.7 Å². The molecule has 0 amide bonds. The Labute approximate surface area is 101 Å². The fourth-order valence-electron chi connectivity index (χ4n) is 1.69. The molecule has 5 nitrogen and oxygen atoms in total. The van der Waals surface area contributed by atoms with E-state index in [1.54, 1.807) is 19.1 Å². The maximum absolute atomic E-state index is 12.1. The number of nitrogens with one attached hydrogen (secondary N) is 1. The fourth-order valence-corrected chi connectivity index (χ4v) is 3.42. The smallest absolute Gasteiger partial charge is 0.241 e. The maximum Gasteiger partial charge on any atom is 0.241 e. The predicted molar refractivity (Wildman–Crippen MR) is 65.0 cm³/mol. The lowest BCUT2D eigenvalue weighted by Crippen LogP contribution is -2.39. The van der Waals surface area contributed by atoms with E-state index in [2.05, 4.69) is 4.72 Å². The minimum absolute atomic E-state index is 0.173. The second-order valence-corrected chi connectivity index (χ2v) is 6.22. The minimum Gasteiger partial charge on any atom is -0.399 e. The van der Waals surface area contributed by atoms with Crippen molar-refractivity contribution in [2.45, 2.75) is 30.2 Å². The Bertz CT molecular complexity index is 536. The molecule has 1 aliphatic carbocycles. The largest absolute Gasteiger partial charge is 0.399 e. The molecule has 1 fully saturated rings. The number of sulfonamides is 1. The van der Waals surface area contributed by atoms with Crippen molar-refractivity contribution in [3.8, 4) is 0 Å². The molecule has 1 aromatic carbocycles. The van der Waals surface area contributed by atoms with Crippen molar-refractivity contribution in [3.05, 3.63) is 23.8 Å². The van der Waals surface area contributed by atoms with Crippen LogP contribution in [0.4, 0.5) is 5.69 Å². The number of aliphatic hydroxyl groups excluding tert-OH is 1. The van der Waals surface area contributed by atoms with Crippen LogP contribution < -0.4 is 10.5 Å². The van der Waals surface area contributed by atoms with Crippen molar-refractivity contribution in [1.29, 1.82) is 0 Å². The summed E-state index contributed by atoms with van der Waals surface area (Å²) in [5.74, 6) is 0. The summed E-state index contributed by atoms with van der Waals surface area (Å²) in [6.07, 6.45) is 1.34. The van der Waals surface area contributed by atoms with Crippen LogP contribution in [0.2, 0.25) is 0 Å². The molecule has 0 spiro atoms. The Balaban J connectivity index is 2.35. The third-order valence-corrected chi connectivity index (χ3v) is 4.73. The molecule has 0 radical (unpaired) electrons. The standard InChI is InChI=1S/C11H16N2O3S/c1-8-2-3-9(12)6-10(8)17(15,16)13-11(7-14)4-5-11/h2-3,6,13-14H,4-5,7,12H2,1H3. The first kappa shape index (κ1) is 12.3. The van der Waals surface area contributed by atoms with Crippen molar-refractivity contribution in [2.75, 3.05) is 12.3 Å². The lowest BCUT2D eigenvalue weighted by molar-refractivity contribution is 0.246. The molecule has 0 atom stereocenters.